The summed E-state index contributed by atoms with van der Waals surface area (Å²) < 4.78 is 0. The molecule has 0 aliphatic heterocycles. The third-order valence-corrected chi connectivity index (χ3v) is 6.14. The molecule has 1 heteroatoms. The van der Waals surface area contributed by atoms with Crippen LogP contribution in [0, 0.1) is 16.7 Å². The molecule has 0 amide bonds. The first-order chi connectivity index (χ1) is 9.95. The second-order valence-electron chi connectivity index (χ2n) is 7.26. The van der Waals surface area contributed by atoms with Crippen LogP contribution >= 0.6 is 0 Å². The van der Waals surface area contributed by atoms with E-state index >= 15 is 0 Å². The molecule has 2 unspecified atom stereocenters. The molecule has 0 radical (unpaired) electrons. The summed E-state index contributed by atoms with van der Waals surface area (Å²) in [7, 11) is 0. The lowest BCUT2D eigenvalue weighted by molar-refractivity contribution is -0.128. The van der Waals surface area contributed by atoms with Gasteiger partial charge in [0, 0.05) is 11.8 Å². The van der Waals surface area contributed by atoms with Crippen molar-refractivity contribution < 1.29 is 4.79 Å². The molecule has 2 atom stereocenters. The Morgan fingerprint density at radius 3 is 1.62 bits per heavy atom. The van der Waals surface area contributed by atoms with Crippen molar-refractivity contribution in [3.8, 4) is 0 Å². The van der Waals surface area contributed by atoms with E-state index < -0.39 is 0 Å². The molecular weight excluding hydrogens is 256 g/mol. The van der Waals surface area contributed by atoms with E-state index in [9.17, 15) is 4.79 Å². The Balaban J connectivity index is 0.000000126. The fourth-order valence-electron chi connectivity index (χ4n) is 4.03. The third kappa shape index (κ3) is 2.19. The minimum absolute atomic E-state index is 0.0255. The molecule has 21 heavy (non-hydrogen) atoms. The number of hydrogen-bond acceptors (Lipinski definition) is 1. The molecule has 2 aliphatic rings. The van der Waals surface area contributed by atoms with E-state index in [-0.39, 0.29) is 10.8 Å². The Kier molecular flexibility index (Phi) is 3.39. The van der Waals surface area contributed by atoms with E-state index in [1.54, 1.807) is 0 Å². The van der Waals surface area contributed by atoms with Crippen molar-refractivity contribution >= 4 is 16.6 Å². The van der Waals surface area contributed by atoms with Crippen molar-refractivity contribution in [1.29, 1.82) is 0 Å². The van der Waals surface area contributed by atoms with Crippen molar-refractivity contribution in [3.05, 3.63) is 48.5 Å². The van der Waals surface area contributed by atoms with Crippen LogP contribution in [0.2, 0.25) is 0 Å². The maximum Gasteiger partial charge on any atom is 0.139 e. The fourth-order valence-corrected chi connectivity index (χ4v) is 4.03. The minimum Gasteiger partial charge on any atom is -0.299 e. The number of hydrogen-bond donors (Lipinski definition) is 0. The van der Waals surface area contributed by atoms with Crippen molar-refractivity contribution in [2.24, 2.45) is 16.7 Å². The molecule has 1 nitrogen and oxygen atoms in total. The normalized spacial score (nSPS) is 29.3. The Bertz CT molecular complexity index is 605. The third-order valence-electron chi connectivity index (χ3n) is 6.14. The summed E-state index contributed by atoms with van der Waals surface area (Å²) in [6.45, 7) is 6.67. The maximum absolute atomic E-state index is 11.6. The van der Waals surface area contributed by atoms with Gasteiger partial charge in [-0.05, 0) is 34.9 Å². The summed E-state index contributed by atoms with van der Waals surface area (Å²) in [6.07, 6.45) is 3.25. The molecule has 0 saturated heterocycles. The number of ketones is 1. The molecular formula is C20H24O. The average molecular weight is 280 g/mol. The SMILES string of the molecule is CC12CCC(CC1=O)C2(C)C.c1ccc2ccccc2c1. The molecule has 0 N–H and O–H groups in total. The van der Waals surface area contributed by atoms with Crippen LogP contribution < -0.4 is 0 Å². The van der Waals surface area contributed by atoms with E-state index in [1.165, 1.54) is 17.2 Å². The van der Waals surface area contributed by atoms with Crippen LogP contribution in [0.4, 0.5) is 0 Å². The monoisotopic (exact) mass is 280 g/mol. The zero-order valence-corrected chi connectivity index (χ0v) is 13.2. The molecule has 4 rings (SSSR count). The van der Waals surface area contributed by atoms with Crippen LogP contribution in [0.25, 0.3) is 10.8 Å². The van der Waals surface area contributed by atoms with Crippen LogP contribution in [0.5, 0.6) is 0 Å². The lowest BCUT2D eigenvalue weighted by Crippen LogP contribution is -2.32. The maximum atomic E-state index is 11.6. The van der Waals surface area contributed by atoms with Gasteiger partial charge in [0.1, 0.15) is 5.78 Å². The molecule has 2 aromatic carbocycles. The molecule has 2 aliphatic carbocycles. The van der Waals surface area contributed by atoms with Crippen LogP contribution in [-0.2, 0) is 4.79 Å². The van der Waals surface area contributed by atoms with E-state index in [0.29, 0.717) is 11.7 Å². The Hall–Kier alpha value is -1.63. The second-order valence-corrected chi connectivity index (χ2v) is 7.26. The fraction of sp³-hybridized carbons (Fsp3) is 0.450. The smallest absolute Gasteiger partial charge is 0.139 e. The van der Waals surface area contributed by atoms with Crippen LogP contribution in [0.1, 0.15) is 40.0 Å². The standard InChI is InChI=1S/C10H16O.C10H8/c1-9(2)7-4-5-10(9,3)8(11)6-7;1-2-6-10-8-4-3-7-9(10)5-1/h7H,4-6H2,1-3H3;1-8H. The van der Waals surface area contributed by atoms with E-state index in [1.807, 2.05) is 0 Å². The van der Waals surface area contributed by atoms with E-state index in [4.69, 9.17) is 0 Å². The second kappa shape index (κ2) is 4.98. The molecule has 110 valence electrons. The summed E-state index contributed by atoms with van der Waals surface area (Å²) in [5.41, 5.74) is 0.307. The van der Waals surface area contributed by atoms with Gasteiger partial charge in [0.15, 0.2) is 0 Å². The number of carbonyl (C=O) groups excluding carboxylic acids is 1. The number of fused-ring (bicyclic) bond motifs is 3. The van der Waals surface area contributed by atoms with Gasteiger partial charge in [-0.15, -0.1) is 0 Å². The number of benzene rings is 2. The Morgan fingerprint density at radius 2 is 1.38 bits per heavy atom. The largest absolute Gasteiger partial charge is 0.299 e. The molecule has 2 bridgehead atoms. The van der Waals surface area contributed by atoms with Gasteiger partial charge in [-0.3, -0.25) is 4.79 Å². The van der Waals surface area contributed by atoms with Gasteiger partial charge in [0.2, 0.25) is 0 Å². The first-order valence-electron chi connectivity index (χ1n) is 7.92. The number of carbonyl (C=O) groups is 1. The number of rotatable bonds is 0. The van der Waals surface area contributed by atoms with Gasteiger partial charge in [0.05, 0.1) is 0 Å². The average Bonchev–Trinajstić information content (AvgIpc) is 2.81. The van der Waals surface area contributed by atoms with Gasteiger partial charge < -0.3 is 0 Å². The highest BCUT2D eigenvalue weighted by molar-refractivity contribution is 5.89. The summed E-state index contributed by atoms with van der Waals surface area (Å²) >= 11 is 0. The Morgan fingerprint density at radius 1 is 0.905 bits per heavy atom. The molecule has 0 spiro atoms. The van der Waals surface area contributed by atoms with Gasteiger partial charge >= 0.3 is 0 Å². The van der Waals surface area contributed by atoms with Crippen molar-refractivity contribution in [1.82, 2.24) is 0 Å². The minimum atomic E-state index is 0.0255. The van der Waals surface area contributed by atoms with Crippen LogP contribution in [0.3, 0.4) is 0 Å². The van der Waals surface area contributed by atoms with Crippen molar-refractivity contribution in [2.75, 3.05) is 0 Å². The lowest BCUT2D eigenvalue weighted by Gasteiger charge is -2.32. The quantitative estimate of drug-likeness (QED) is 0.645. The zero-order valence-electron chi connectivity index (χ0n) is 13.2. The highest BCUT2D eigenvalue weighted by atomic mass is 16.1. The summed E-state index contributed by atoms with van der Waals surface area (Å²) in [5, 5.41) is 2.62. The Labute approximate surface area is 127 Å². The summed E-state index contributed by atoms with van der Waals surface area (Å²) in [5.74, 6) is 1.19. The highest BCUT2D eigenvalue weighted by Gasteiger charge is 2.61. The van der Waals surface area contributed by atoms with E-state index in [2.05, 4.69) is 69.3 Å². The zero-order chi connectivity index (χ0) is 15.1. The highest BCUT2D eigenvalue weighted by Crippen LogP contribution is 2.63. The first-order valence-corrected chi connectivity index (χ1v) is 7.92. The van der Waals surface area contributed by atoms with Gasteiger partial charge in [-0.1, -0.05) is 69.3 Å². The van der Waals surface area contributed by atoms with Crippen LogP contribution in [-0.4, -0.2) is 5.78 Å². The summed E-state index contributed by atoms with van der Waals surface area (Å²) in [6, 6.07) is 16.7. The molecule has 2 aromatic rings. The predicted octanol–water partition coefficient (Wildman–Crippen LogP) is 5.24. The lowest BCUT2D eigenvalue weighted by atomic mass is 9.70. The van der Waals surface area contributed by atoms with Crippen molar-refractivity contribution in [3.63, 3.8) is 0 Å². The molecule has 0 aromatic heterocycles. The topological polar surface area (TPSA) is 17.1 Å². The van der Waals surface area contributed by atoms with Gasteiger partial charge in [0.25, 0.3) is 0 Å². The summed E-state index contributed by atoms with van der Waals surface area (Å²) in [4.78, 5) is 11.6. The molecule has 2 saturated carbocycles. The van der Waals surface area contributed by atoms with Crippen LogP contribution in [0.15, 0.2) is 48.5 Å². The van der Waals surface area contributed by atoms with Gasteiger partial charge in [-0.25, -0.2) is 0 Å². The van der Waals surface area contributed by atoms with Crippen molar-refractivity contribution in [2.45, 2.75) is 40.0 Å². The first kappa shape index (κ1) is 14.3. The number of Topliss-reactive ketones (excluding diaryl/α,β-unsaturated/α-hetero) is 1. The predicted molar refractivity (Wildman–Crippen MR) is 88.2 cm³/mol. The molecule has 2 fully saturated rings. The van der Waals surface area contributed by atoms with E-state index in [0.717, 1.165) is 12.8 Å². The van der Waals surface area contributed by atoms with Gasteiger partial charge in [-0.2, -0.15) is 0 Å². The molecule has 0 heterocycles.